The number of benzene rings is 5. The number of nitro benzene ring substituents is 1. The van der Waals surface area contributed by atoms with Gasteiger partial charge in [-0.25, -0.2) is 19.7 Å². The van der Waals surface area contributed by atoms with Gasteiger partial charge in [-0.1, -0.05) is 84.6 Å². The number of esters is 1. The van der Waals surface area contributed by atoms with Crippen LogP contribution in [0.1, 0.15) is 58.0 Å². The molecule has 3 saturated heterocycles. The molecule has 370 valence electrons. The summed E-state index contributed by atoms with van der Waals surface area (Å²) in [7, 11) is 0. The molecular formula is C55H49N7O11. The zero-order valence-electron chi connectivity index (χ0n) is 39.3. The van der Waals surface area contributed by atoms with Crippen LogP contribution in [0, 0.1) is 27.9 Å². The number of fused-ring (bicyclic) bond motifs is 3. The van der Waals surface area contributed by atoms with E-state index < -0.39 is 64.4 Å². The number of piperazine rings is 1. The van der Waals surface area contributed by atoms with E-state index in [9.17, 15) is 25.1 Å². The molecule has 6 aromatic rings. The van der Waals surface area contributed by atoms with Gasteiger partial charge in [-0.2, -0.15) is 0 Å². The maximum Gasteiger partial charge on any atom is 0.421 e. The first-order valence-corrected chi connectivity index (χ1v) is 23.8. The predicted octanol–water partition coefficient (Wildman–Crippen LogP) is 5.84. The Morgan fingerprint density at radius 3 is 2.14 bits per heavy atom. The molecule has 4 aliphatic rings. The van der Waals surface area contributed by atoms with E-state index in [1.165, 1.54) is 24.3 Å². The number of aliphatic hydroxyl groups excluding tert-OH is 2. The number of carbonyl (C=O) groups excluding carboxylic acids is 4. The Labute approximate surface area is 419 Å². The molecule has 10 rings (SSSR count). The molecule has 18 nitrogen and oxygen atoms in total. The first kappa shape index (κ1) is 48.1. The van der Waals surface area contributed by atoms with Gasteiger partial charge in [-0.15, -0.1) is 0 Å². The molecule has 0 saturated carbocycles. The number of aromatic nitrogens is 2. The zero-order valence-corrected chi connectivity index (χ0v) is 39.3. The third kappa shape index (κ3) is 8.88. The van der Waals surface area contributed by atoms with Crippen LogP contribution in [0.4, 0.5) is 22.1 Å². The van der Waals surface area contributed by atoms with E-state index >= 15 is 14.4 Å². The molecule has 0 aliphatic carbocycles. The number of rotatable bonds is 12. The Kier molecular flexibility index (Phi) is 13.6. The largest absolute Gasteiger partial charge is 0.491 e. The summed E-state index contributed by atoms with van der Waals surface area (Å²) < 4.78 is 18.3. The highest BCUT2D eigenvalue weighted by Gasteiger charge is 2.76. The minimum atomic E-state index is -2.11. The molecule has 0 bridgehead atoms. The van der Waals surface area contributed by atoms with Crippen LogP contribution in [-0.4, -0.2) is 111 Å². The van der Waals surface area contributed by atoms with Crippen LogP contribution in [0.15, 0.2) is 146 Å². The molecule has 18 heteroatoms. The van der Waals surface area contributed by atoms with Crippen molar-refractivity contribution in [1.82, 2.24) is 19.8 Å². The summed E-state index contributed by atoms with van der Waals surface area (Å²) in [5, 5.41) is 30.8. The maximum atomic E-state index is 16.7. The van der Waals surface area contributed by atoms with Crippen molar-refractivity contribution in [2.75, 3.05) is 55.8 Å². The molecule has 5 heterocycles. The van der Waals surface area contributed by atoms with E-state index in [4.69, 9.17) is 14.2 Å². The minimum absolute atomic E-state index is 0.00469. The fourth-order valence-corrected chi connectivity index (χ4v) is 10.8. The van der Waals surface area contributed by atoms with Crippen molar-refractivity contribution in [3.63, 3.8) is 0 Å². The van der Waals surface area contributed by atoms with Crippen molar-refractivity contribution >= 4 is 41.2 Å². The lowest BCUT2D eigenvalue weighted by atomic mass is 9.65. The number of imide groups is 1. The molecule has 3 fully saturated rings. The van der Waals surface area contributed by atoms with Gasteiger partial charge in [0.25, 0.3) is 5.69 Å². The first-order valence-electron chi connectivity index (χ1n) is 23.8. The molecule has 2 N–H and O–H groups in total. The van der Waals surface area contributed by atoms with Crippen molar-refractivity contribution in [3.8, 4) is 17.6 Å². The first-order chi connectivity index (χ1) is 35.6. The molecule has 5 aromatic carbocycles. The monoisotopic (exact) mass is 983 g/mol. The quantitative estimate of drug-likeness (QED) is 0.0637. The molecule has 1 spiro atoms. The zero-order chi connectivity index (χ0) is 50.6. The number of carbonyl (C=O) groups is 4. The SMILES string of the molecule is O=C1O[C@@H](c2ccccc2)[C@@H](c2ccccc2)N2[C@@H](c3ccc(OCCO)cc3)[C@]3(C(=O)N(C(=O)OCc4ccc([N+](=O)[O-])cc4)c4ccc(C#CCCO)cc43)[C@@H](C(=O)N3CCN(c4ncccn4)CC3)[C@H]12. The number of non-ortho nitro benzene ring substituents is 1. The molecule has 0 radical (unpaired) electrons. The van der Waals surface area contributed by atoms with E-state index in [0.29, 0.717) is 47.0 Å². The minimum Gasteiger partial charge on any atom is -0.491 e. The van der Waals surface area contributed by atoms with Gasteiger partial charge in [-0.3, -0.25) is 29.4 Å². The van der Waals surface area contributed by atoms with E-state index in [2.05, 4.69) is 21.8 Å². The normalized spacial score (nSPS) is 22.2. The molecule has 3 amide bonds. The van der Waals surface area contributed by atoms with Gasteiger partial charge in [0, 0.05) is 62.7 Å². The highest BCUT2D eigenvalue weighted by molar-refractivity contribution is 6.23. The van der Waals surface area contributed by atoms with Crippen molar-refractivity contribution in [1.29, 1.82) is 0 Å². The molecule has 6 atom stereocenters. The van der Waals surface area contributed by atoms with Gasteiger partial charge >= 0.3 is 12.1 Å². The Balaban J connectivity index is 1.20. The molecule has 73 heavy (non-hydrogen) atoms. The number of amides is 3. The van der Waals surface area contributed by atoms with Gasteiger partial charge in [-0.05, 0) is 76.3 Å². The third-order valence-corrected chi connectivity index (χ3v) is 13.9. The van der Waals surface area contributed by atoms with Crippen LogP contribution in [0.2, 0.25) is 0 Å². The molecule has 1 aromatic heterocycles. The van der Waals surface area contributed by atoms with Crippen LogP contribution in [0.5, 0.6) is 5.75 Å². The van der Waals surface area contributed by atoms with Crippen LogP contribution in [-0.2, 0) is 35.9 Å². The number of nitro groups is 1. The number of hydrogen-bond acceptors (Lipinski definition) is 15. The average molecular weight is 984 g/mol. The number of aliphatic hydroxyl groups is 2. The third-order valence-electron chi connectivity index (χ3n) is 13.9. The van der Waals surface area contributed by atoms with E-state index in [-0.39, 0.29) is 62.9 Å². The number of morpholine rings is 1. The van der Waals surface area contributed by atoms with Crippen molar-refractivity contribution in [2.24, 2.45) is 5.92 Å². The lowest BCUT2D eigenvalue weighted by molar-refractivity contribution is -0.384. The van der Waals surface area contributed by atoms with Gasteiger partial charge in [0.1, 0.15) is 36.5 Å². The lowest BCUT2D eigenvalue weighted by Gasteiger charge is -2.46. The van der Waals surface area contributed by atoms with Crippen LogP contribution >= 0.6 is 0 Å². The van der Waals surface area contributed by atoms with Crippen LogP contribution in [0.25, 0.3) is 0 Å². The fraction of sp³-hybridized carbons (Fsp3) is 0.273. The van der Waals surface area contributed by atoms with E-state index in [0.717, 1.165) is 10.5 Å². The van der Waals surface area contributed by atoms with Gasteiger partial charge in [0.05, 0.1) is 41.8 Å². The summed E-state index contributed by atoms with van der Waals surface area (Å²) in [4.78, 5) is 89.6. The van der Waals surface area contributed by atoms with Crippen LogP contribution < -0.4 is 14.5 Å². The Bertz CT molecular complexity index is 3080. The Morgan fingerprint density at radius 1 is 0.795 bits per heavy atom. The molecule has 4 aliphatic heterocycles. The van der Waals surface area contributed by atoms with E-state index in [1.54, 1.807) is 65.8 Å². The van der Waals surface area contributed by atoms with E-state index in [1.807, 2.05) is 70.5 Å². The second-order valence-electron chi connectivity index (χ2n) is 17.9. The number of hydrogen-bond donors (Lipinski definition) is 2. The Hall–Kier alpha value is -8.50. The van der Waals surface area contributed by atoms with Gasteiger partial charge < -0.3 is 34.2 Å². The summed E-state index contributed by atoms with van der Waals surface area (Å²) in [6.45, 7) is 0.152. The van der Waals surface area contributed by atoms with Crippen LogP contribution in [0.3, 0.4) is 0 Å². The average Bonchev–Trinajstić information content (AvgIpc) is 3.89. The summed E-state index contributed by atoms with van der Waals surface area (Å²) in [5.74, 6) is 3.24. The highest BCUT2D eigenvalue weighted by atomic mass is 16.6. The lowest BCUT2D eigenvalue weighted by Crippen LogP contribution is -2.59. The fourth-order valence-electron chi connectivity index (χ4n) is 10.8. The number of ether oxygens (including phenoxy) is 3. The summed E-state index contributed by atoms with van der Waals surface area (Å²) >= 11 is 0. The van der Waals surface area contributed by atoms with Crippen molar-refractivity contribution in [3.05, 3.63) is 189 Å². The number of anilines is 2. The predicted molar refractivity (Wildman–Crippen MR) is 264 cm³/mol. The standard InChI is InChI=1S/C55H49N7O11/c63-31-8-7-10-36-17-24-44-43(34-36)55(52(67)60(44)54(68)72-35-37-15-20-41(21-16-37)62(69)70)45(50(65)58-27-29-59(30-28-58)53-56-25-9-26-57-53)47-51(66)73-48(39-13-5-2-6-14-39)46(38-11-3-1-4-12-38)61(47)49(55)40-18-22-42(23-19-40)71-33-32-64/h1-6,9,11-26,34,45-49,63-64H,8,27-33,35H2/t45-,46-,47-,48+,49+,55-/m1/s1. The van der Waals surface area contributed by atoms with Gasteiger partial charge in [0.15, 0.2) is 0 Å². The van der Waals surface area contributed by atoms with Crippen molar-refractivity contribution in [2.45, 2.75) is 42.7 Å². The topological polar surface area (TPSA) is 218 Å². The Morgan fingerprint density at radius 2 is 1.48 bits per heavy atom. The second kappa shape index (κ2) is 20.7. The maximum absolute atomic E-state index is 16.7. The summed E-state index contributed by atoms with van der Waals surface area (Å²) in [6.07, 6.45) is 1.35. The van der Waals surface area contributed by atoms with Gasteiger partial charge in [0.2, 0.25) is 17.8 Å². The second-order valence-corrected chi connectivity index (χ2v) is 17.9. The van der Waals surface area contributed by atoms with Crippen molar-refractivity contribution < 1.29 is 48.5 Å². The smallest absolute Gasteiger partial charge is 0.421 e. The molecular weight excluding hydrogens is 935 g/mol. The molecule has 0 unspecified atom stereocenters. The highest BCUT2D eigenvalue weighted by Crippen LogP contribution is 2.66. The summed E-state index contributed by atoms with van der Waals surface area (Å²) in [5.41, 5.74) is 0.724. The number of cyclic esters (lactones) is 1. The number of nitrogens with zero attached hydrogens (tertiary/aromatic N) is 7. The summed E-state index contributed by atoms with van der Waals surface area (Å²) in [6, 6.07) is 34.1.